The van der Waals surface area contributed by atoms with Crippen LogP contribution in [0.2, 0.25) is 5.02 Å². The molecule has 1 aliphatic heterocycles. The molecule has 1 aliphatic rings. The van der Waals surface area contributed by atoms with Crippen molar-refractivity contribution in [3.8, 4) is 5.75 Å². The van der Waals surface area contributed by atoms with Crippen LogP contribution in [0.4, 0.5) is 0 Å². The number of amides is 1. The van der Waals surface area contributed by atoms with Crippen molar-refractivity contribution in [2.75, 3.05) is 39.3 Å². The van der Waals surface area contributed by atoms with Crippen LogP contribution in [0.25, 0.3) is 6.08 Å². The first kappa shape index (κ1) is 28.8. The fourth-order valence-corrected chi connectivity index (χ4v) is 5.99. The highest BCUT2D eigenvalue weighted by Crippen LogP contribution is 2.27. The summed E-state index contributed by atoms with van der Waals surface area (Å²) in [5.74, 6) is 0.172. The third-order valence-electron chi connectivity index (χ3n) is 6.55. The highest BCUT2D eigenvalue weighted by molar-refractivity contribution is 7.89. The van der Waals surface area contributed by atoms with E-state index in [0.717, 1.165) is 17.7 Å². The van der Waals surface area contributed by atoms with E-state index in [1.807, 2.05) is 55.5 Å². The minimum atomic E-state index is -4.02. The zero-order chi connectivity index (χ0) is 27.7. The van der Waals surface area contributed by atoms with Gasteiger partial charge in [-0.2, -0.15) is 4.72 Å². The highest BCUT2D eigenvalue weighted by atomic mass is 35.5. The summed E-state index contributed by atoms with van der Waals surface area (Å²) in [7, 11) is -4.02. The molecule has 0 aliphatic carbocycles. The zero-order valence-electron chi connectivity index (χ0n) is 22.0. The van der Waals surface area contributed by atoms with E-state index in [1.165, 1.54) is 18.2 Å². The van der Waals surface area contributed by atoms with Crippen LogP contribution in [0, 0.1) is 0 Å². The summed E-state index contributed by atoms with van der Waals surface area (Å²) in [6, 6.07) is 22.9. The number of rotatable bonds is 11. The summed E-state index contributed by atoms with van der Waals surface area (Å²) in [5.41, 5.74) is 2.02. The molecule has 4 rings (SSSR count). The molecule has 1 saturated heterocycles. The molecule has 7 nitrogen and oxygen atoms in total. The van der Waals surface area contributed by atoms with Crippen LogP contribution < -0.4 is 9.46 Å². The van der Waals surface area contributed by atoms with Crippen LogP contribution in [0.5, 0.6) is 5.75 Å². The average Bonchev–Trinajstić information content (AvgIpc) is 2.95. The Morgan fingerprint density at radius 3 is 2.31 bits per heavy atom. The molecule has 1 amide bonds. The Morgan fingerprint density at radius 2 is 1.67 bits per heavy atom. The fraction of sp³-hybridized carbons (Fsp3) is 0.300. The number of nitrogens with one attached hydrogen (secondary N) is 1. The van der Waals surface area contributed by atoms with E-state index in [1.54, 1.807) is 4.90 Å². The molecule has 0 unspecified atom stereocenters. The van der Waals surface area contributed by atoms with Crippen molar-refractivity contribution in [3.05, 3.63) is 101 Å². The molecule has 206 valence electrons. The monoisotopic (exact) mass is 567 g/mol. The SMILES string of the molecule is CCOc1ccc(S(=O)(=O)N[C@@H](Cc2ccccc2)C(=O)N2CCN(C/C=C/c3ccccc3)CC2)cc1Cl. The lowest BCUT2D eigenvalue weighted by Gasteiger charge is -2.36. The van der Waals surface area contributed by atoms with E-state index in [2.05, 4.69) is 33.9 Å². The second-order valence-corrected chi connectivity index (χ2v) is 11.4. The summed E-state index contributed by atoms with van der Waals surface area (Å²) in [6.45, 7) is 5.50. The molecule has 1 N–H and O–H groups in total. The first-order chi connectivity index (χ1) is 18.9. The molecule has 1 fully saturated rings. The molecule has 0 radical (unpaired) electrons. The minimum Gasteiger partial charge on any atom is -0.492 e. The third-order valence-corrected chi connectivity index (χ3v) is 8.31. The van der Waals surface area contributed by atoms with Crippen LogP contribution in [0.15, 0.2) is 89.8 Å². The second-order valence-electron chi connectivity index (χ2n) is 9.33. The smallest absolute Gasteiger partial charge is 0.241 e. The summed E-state index contributed by atoms with van der Waals surface area (Å²) in [5, 5.41) is 0.197. The zero-order valence-corrected chi connectivity index (χ0v) is 23.6. The Bertz CT molecular complexity index is 1360. The number of carbonyl (C=O) groups excluding carboxylic acids is 1. The Hall–Kier alpha value is -3.17. The molecule has 9 heteroatoms. The van der Waals surface area contributed by atoms with Crippen molar-refractivity contribution < 1.29 is 17.9 Å². The molecule has 0 spiro atoms. The van der Waals surface area contributed by atoms with Gasteiger partial charge in [0.1, 0.15) is 11.8 Å². The number of ether oxygens (including phenoxy) is 1. The van der Waals surface area contributed by atoms with Crippen LogP contribution >= 0.6 is 11.6 Å². The van der Waals surface area contributed by atoms with Crippen LogP contribution in [-0.4, -0.2) is 69.5 Å². The Morgan fingerprint density at radius 1 is 1.00 bits per heavy atom. The average molecular weight is 568 g/mol. The van der Waals surface area contributed by atoms with Gasteiger partial charge in [-0.1, -0.05) is 84.4 Å². The molecule has 3 aromatic rings. The molecule has 0 saturated carbocycles. The van der Waals surface area contributed by atoms with Gasteiger partial charge < -0.3 is 9.64 Å². The van der Waals surface area contributed by atoms with Gasteiger partial charge in [0.25, 0.3) is 0 Å². The molecular weight excluding hydrogens is 534 g/mol. The van der Waals surface area contributed by atoms with Gasteiger partial charge in [-0.25, -0.2) is 8.42 Å². The van der Waals surface area contributed by atoms with Crippen molar-refractivity contribution >= 4 is 33.6 Å². The lowest BCUT2D eigenvalue weighted by molar-refractivity contribution is -0.134. The van der Waals surface area contributed by atoms with E-state index in [-0.39, 0.29) is 22.2 Å². The maximum Gasteiger partial charge on any atom is 0.241 e. The number of sulfonamides is 1. The van der Waals surface area contributed by atoms with E-state index >= 15 is 0 Å². The first-order valence-corrected chi connectivity index (χ1v) is 14.9. The first-order valence-electron chi connectivity index (χ1n) is 13.1. The lowest BCUT2D eigenvalue weighted by atomic mass is 10.1. The fourth-order valence-electron chi connectivity index (χ4n) is 4.48. The van der Waals surface area contributed by atoms with E-state index < -0.39 is 16.1 Å². The number of nitrogens with zero attached hydrogens (tertiary/aromatic N) is 2. The van der Waals surface area contributed by atoms with E-state index in [0.29, 0.717) is 38.5 Å². The van der Waals surface area contributed by atoms with Gasteiger partial charge in [0.05, 0.1) is 16.5 Å². The molecular formula is C30H34ClN3O4S. The van der Waals surface area contributed by atoms with Gasteiger partial charge in [0.15, 0.2) is 0 Å². The predicted octanol–water partition coefficient (Wildman–Crippen LogP) is 4.49. The predicted molar refractivity (Wildman–Crippen MR) is 155 cm³/mol. The second kappa shape index (κ2) is 13.8. The molecule has 1 heterocycles. The Labute approximate surface area is 236 Å². The standard InChI is InChI=1S/C30H34ClN3O4S/c1-2-38-29-16-15-26(23-27(29)31)39(36,37)32-28(22-25-12-7-4-8-13-25)30(35)34-20-18-33(19-21-34)17-9-14-24-10-5-3-6-11-24/h3-16,23,28,32H,2,17-22H2,1H3/b14-9+/t28-/m0/s1. The normalized spacial score (nSPS) is 15.4. The number of hydrogen-bond donors (Lipinski definition) is 1. The number of halogens is 1. The maximum absolute atomic E-state index is 13.6. The number of piperazine rings is 1. The molecule has 0 aromatic heterocycles. The van der Waals surface area contributed by atoms with Crippen molar-refractivity contribution in [1.29, 1.82) is 0 Å². The Kier molecular flexibility index (Phi) is 10.2. The number of benzene rings is 3. The van der Waals surface area contributed by atoms with Crippen molar-refractivity contribution in [2.45, 2.75) is 24.3 Å². The van der Waals surface area contributed by atoms with Crippen molar-refractivity contribution in [2.24, 2.45) is 0 Å². The van der Waals surface area contributed by atoms with Gasteiger partial charge in [0, 0.05) is 32.7 Å². The van der Waals surface area contributed by atoms with Crippen molar-refractivity contribution in [1.82, 2.24) is 14.5 Å². The van der Waals surface area contributed by atoms with Crippen LogP contribution in [-0.2, 0) is 21.2 Å². The molecule has 0 bridgehead atoms. The lowest BCUT2D eigenvalue weighted by Crippen LogP contribution is -2.55. The minimum absolute atomic E-state index is 0.0168. The largest absolute Gasteiger partial charge is 0.492 e. The molecule has 3 aromatic carbocycles. The topological polar surface area (TPSA) is 78.9 Å². The summed E-state index contributed by atoms with van der Waals surface area (Å²) in [4.78, 5) is 17.7. The Balaban J connectivity index is 1.43. The van der Waals surface area contributed by atoms with Gasteiger partial charge in [0.2, 0.25) is 15.9 Å². The van der Waals surface area contributed by atoms with Gasteiger partial charge in [-0.3, -0.25) is 9.69 Å². The summed E-state index contributed by atoms with van der Waals surface area (Å²) in [6.07, 6.45) is 4.46. The molecule has 1 atom stereocenters. The third kappa shape index (κ3) is 8.16. The highest BCUT2D eigenvalue weighted by Gasteiger charge is 2.31. The molecule has 39 heavy (non-hydrogen) atoms. The summed E-state index contributed by atoms with van der Waals surface area (Å²) < 4.78 is 34.7. The van der Waals surface area contributed by atoms with Gasteiger partial charge in [-0.05, 0) is 42.7 Å². The quantitative estimate of drug-likeness (QED) is 0.369. The van der Waals surface area contributed by atoms with E-state index in [4.69, 9.17) is 16.3 Å². The van der Waals surface area contributed by atoms with Crippen LogP contribution in [0.1, 0.15) is 18.1 Å². The number of hydrogen-bond acceptors (Lipinski definition) is 5. The van der Waals surface area contributed by atoms with Crippen LogP contribution in [0.3, 0.4) is 0 Å². The van der Waals surface area contributed by atoms with Gasteiger partial charge in [-0.15, -0.1) is 0 Å². The van der Waals surface area contributed by atoms with Gasteiger partial charge >= 0.3 is 0 Å². The maximum atomic E-state index is 13.6. The van der Waals surface area contributed by atoms with Crippen molar-refractivity contribution in [3.63, 3.8) is 0 Å². The number of carbonyl (C=O) groups is 1. The van der Waals surface area contributed by atoms with E-state index in [9.17, 15) is 13.2 Å². The summed E-state index contributed by atoms with van der Waals surface area (Å²) >= 11 is 6.25.